The summed E-state index contributed by atoms with van der Waals surface area (Å²) in [6.45, 7) is 5.15. The molecule has 0 aliphatic heterocycles. The Morgan fingerprint density at radius 1 is 0.543 bits per heavy atom. The van der Waals surface area contributed by atoms with E-state index in [1.807, 2.05) is 0 Å². The van der Waals surface area contributed by atoms with Crippen molar-refractivity contribution in [2.45, 2.75) is 212 Å². The lowest BCUT2D eigenvalue weighted by Crippen LogP contribution is -2.38. The van der Waals surface area contributed by atoms with Crippen LogP contribution in [0, 0.1) is 47.3 Å². The molecular weight excluding hydrogens is 564 g/mol. The zero-order valence-corrected chi connectivity index (χ0v) is 30.7. The van der Waals surface area contributed by atoms with E-state index in [0.29, 0.717) is 18.6 Å². The van der Waals surface area contributed by atoms with E-state index in [4.69, 9.17) is 9.47 Å². The zero-order chi connectivity index (χ0) is 32.0. The van der Waals surface area contributed by atoms with Crippen molar-refractivity contribution in [2.24, 2.45) is 47.3 Å². The second kappa shape index (κ2) is 20.2. The van der Waals surface area contributed by atoms with Gasteiger partial charge in [0.05, 0.1) is 18.1 Å². The standard InChI is InChI=1S/C43H76O3/c1-3-5-8-12-33-16-20-35(21-17-33)37-24-26-40(27-25-37)43(44)45-32-42(39-14-10-7-11-15-39)46-41-30-28-38(29-31-41)36-22-18-34(19-23-36)13-9-6-4-2/h33-42H,3-32H2,1-2H3. The van der Waals surface area contributed by atoms with E-state index in [9.17, 15) is 4.79 Å². The lowest BCUT2D eigenvalue weighted by molar-refractivity contribution is -0.160. The third-order valence-electron chi connectivity index (χ3n) is 14.3. The van der Waals surface area contributed by atoms with Crippen molar-refractivity contribution >= 4 is 5.97 Å². The van der Waals surface area contributed by atoms with Crippen molar-refractivity contribution in [3.8, 4) is 0 Å². The molecule has 0 amide bonds. The minimum absolute atomic E-state index is 0.0940. The maximum absolute atomic E-state index is 13.4. The van der Waals surface area contributed by atoms with Gasteiger partial charge in [-0.1, -0.05) is 110 Å². The third-order valence-corrected chi connectivity index (χ3v) is 14.3. The Labute approximate surface area is 285 Å². The van der Waals surface area contributed by atoms with Gasteiger partial charge in [0.2, 0.25) is 0 Å². The van der Waals surface area contributed by atoms with E-state index in [0.717, 1.165) is 48.3 Å². The summed E-state index contributed by atoms with van der Waals surface area (Å²) in [7, 11) is 0. The lowest BCUT2D eigenvalue weighted by Gasteiger charge is -2.40. The molecule has 5 fully saturated rings. The average Bonchev–Trinajstić information content (AvgIpc) is 3.11. The number of esters is 1. The van der Waals surface area contributed by atoms with Gasteiger partial charge in [-0.2, -0.15) is 0 Å². The maximum atomic E-state index is 13.4. The molecule has 5 rings (SSSR count). The number of ether oxygens (including phenoxy) is 2. The number of unbranched alkanes of at least 4 members (excludes halogenated alkanes) is 4. The van der Waals surface area contributed by atoms with Crippen LogP contribution in [-0.2, 0) is 14.3 Å². The number of carbonyl (C=O) groups excluding carboxylic acids is 1. The highest BCUT2D eigenvalue weighted by atomic mass is 16.6. The zero-order valence-electron chi connectivity index (χ0n) is 30.7. The molecule has 0 N–H and O–H groups in total. The minimum Gasteiger partial charge on any atom is -0.463 e. The molecule has 0 radical (unpaired) electrons. The van der Waals surface area contributed by atoms with Crippen LogP contribution in [0.2, 0.25) is 0 Å². The van der Waals surface area contributed by atoms with Gasteiger partial charge < -0.3 is 9.47 Å². The summed E-state index contributed by atoms with van der Waals surface area (Å²) in [5.74, 6) is 6.49. The molecule has 0 aromatic carbocycles. The van der Waals surface area contributed by atoms with Crippen molar-refractivity contribution in [1.29, 1.82) is 0 Å². The minimum atomic E-state index is 0.0940. The van der Waals surface area contributed by atoms with Crippen LogP contribution >= 0.6 is 0 Å². The Morgan fingerprint density at radius 2 is 1.00 bits per heavy atom. The maximum Gasteiger partial charge on any atom is 0.309 e. The predicted molar refractivity (Wildman–Crippen MR) is 193 cm³/mol. The summed E-state index contributed by atoms with van der Waals surface area (Å²) in [6.07, 6.45) is 39.9. The van der Waals surface area contributed by atoms with E-state index < -0.39 is 0 Å². The normalized spacial score (nSPS) is 35.4. The SMILES string of the molecule is CCCCCC1CCC(C2CCC(OC(COC(=O)C3CCC(C4CCC(CCCCC)CC4)CC3)C3CCCCC3)CC2)CC1. The first-order valence-corrected chi connectivity index (χ1v) is 21.4. The van der Waals surface area contributed by atoms with Crippen molar-refractivity contribution in [3.63, 3.8) is 0 Å². The van der Waals surface area contributed by atoms with Gasteiger partial charge in [-0.15, -0.1) is 0 Å². The largest absolute Gasteiger partial charge is 0.463 e. The van der Waals surface area contributed by atoms with Gasteiger partial charge in [-0.25, -0.2) is 0 Å². The van der Waals surface area contributed by atoms with Crippen LogP contribution in [0.1, 0.15) is 200 Å². The van der Waals surface area contributed by atoms with Gasteiger partial charge in [0, 0.05) is 0 Å². The molecule has 0 aromatic rings. The highest BCUT2D eigenvalue weighted by Gasteiger charge is 2.36. The number of hydrogen-bond acceptors (Lipinski definition) is 3. The van der Waals surface area contributed by atoms with Crippen LogP contribution in [0.25, 0.3) is 0 Å². The summed E-state index contributed by atoms with van der Waals surface area (Å²) >= 11 is 0. The molecule has 0 aromatic heterocycles. The highest BCUT2D eigenvalue weighted by Crippen LogP contribution is 2.44. The quantitative estimate of drug-likeness (QED) is 0.124. The fourth-order valence-corrected chi connectivity index (χ4v) is 11.1. The molecule has 46 heavy (non-hydrogen) atoms. The van der Waals surface area contributed by atoms with Crippen LogP contribution in [0.3, 0.4) is 0 Å². The summed E-state index contributed by atoms with van der Waals surface area (Å²) in [6, 6.07) is 0. The first kappa shape index (κ1) is 36.7. The first-order chi connectivity index (χ1) is 22.6. The van der Waals surface area contributed by atoms with E-state index in [1.54, 1.807) is 0 Å². The summed E-state index contributed by atoms with van der Waals surface area (Å²) < 4.78 is 13.1. The van der Waals surface area contributed by atoms with Crippen molar-refractivity contribution in [3.05, 3.63) is 0 Å². The molecule has 0 heterocycles. The topological polar surface area (TPSA) is 35.5 Å². The molecule has 1 atom stereocenters. The number of rotatable bonds is 16. The second-order valence-electron chi connectivity index (χ2n) is 17.4. The monoisotopic (exact) mass is 641 g/mol. The Balaban J connectivity index is 1.00. The molecule has 5 aliphatic rings. The Morgan fingerprint density at radius 3 is 1.48 bits per heavy atom. The molecule has 266 valence electrons. The van der Waals surface area contributed by atoms with Crippen molar-refractivity contribution < 1.29 is 14.3 Å². The van der Waals surface area contributed by atoms with Crippen LogP contribution < -0.4 is 0 Å². The predicted octanol–water partition coefficient (Wildman–Crippen LogP) is 12.6. The Hall–Kier alpha value is -0.570. The number of hydrogen-bond donors (Lipinski definition) is 0. The molecule has 0 saturated heterocycles. The molecule has 5 aliphatic carbocycles. The molecule has 5 saturated carbocycles. The van der Waals surface area contributed by atoms with Gasteiger partial charge in [0.1, 0.15) is 6.61 Å². The number of carbonyl (C=O) groups is 1. The van der Waals surface area contributed by atoms with Gasteiger partial charge >= 0.3 is 5.97 Å². The lowest BCUT2D eigenvalue weighted by atomic mass is 9.68. The van der Waals surface area contributed by atoms with Gasteiger partial charge in [0.25, 0.3) is 0 Å². The molecule has 0 bridgehead atoms. The molecule has 3 heteroatoms. The summed E-state index contributed by atoms with van der Waals surface area (Å²) in [4.78, 5) is 13.4. The fourth-order valence-electron chi connectivity index (χ4n) is 11.1. The van der Waals surface area contributed by atoms with E-state index >= 15 is 0 Å². The third kappa shape index (κ3) is 11.5. The van der Waals surface area contributed by atoms with Gasteiger partial charge in [0.15, 0.2) is 0 Å². The molecule has 3 nitrogen and oxygen atoms in total. The Kier molecular flexibility index (Phi) is 16.1. The molecule has 0 spiro atoms. The Bertz CT molecular complexity index is 802. The molecule has 1 unspecified atom stereocenters. The van der Waals surface area contributed by atoms with E-state index in [-0.39, 0.29) is 18.0 Å². The summed E-state index contributed by atoms with van der Waals surface area (Å²) in [5.41, 5.74) is 0. The second-order valence-corrected chi connectivity index (χ2v) is 17.4. The molecular formula is C43H76O3. The van der Waals surface area contributed by atoms with Crippen LogP contribution in [0.5, 0.6) is 0 Å². The van der Waals surface area contributed by atoms with Crippen molar-refractivity contribution in [2.75, 3.05) is 6.61 Å². The van der Waals surface area contributed by atoms with Crippen molar-refractivity contribution in [1.82, 2.24) is 0 Å². The summed E-state index contributed by atoms with van der Waals surface area (Å²) in [5, 5.41) is 0. The van der Waals surface area contributed by atoms with Crippen LogP contribution in [-0.4, -0.2) is 24.8 Å². The fraction of sp³-hybridized carbons (Fsp3) is 0.977. The van der Waals surface area contributed by atoms with Crippen LogP contribution in [0.4, 0.5) is 0 Å². The van der Waals surface area contributed by atoms with E-state index in [2.05, 4.69) is 13.8 Å². The van der Waals surface area contributed by atoms with Crippen LogP contribution in [0.15, 0.2) is 0 Å². The van der Waals surface area contributed by atoms with E-state index in [1.165, 1.54) is 173 Å². The smallest absolute Gasteiger partial charge is 0.309 e. The van der Waals surface area contributed by atoms with Gasteiger partial charge in [-0.3, -0.25) is 4.79 Å². The first-order valence-electron chi connectivity index (χ1n) is 21.4. The van der Waals surface area contributed by atoms with Gasteiger partial charge in [-0.05, 0) is 131 Å². The highest BCUT2D eigenvalue weighted by molar-refractivity contribution is 5.72. The average molecular weight is 641 g/mol.